The summed E-state index contributed by atoms with van der Waals surface area (Å²) in [7, 11) is 0. The minimum absolute atomic E-state index is 0.0307. The molecule has 2 aromatic carbocycles. The van der Waals surface area contributed by atoms with Gasteiger partial charge in [0.25, 0.3) is 5.91 Å². The quantitative estimate of drug-likeness (QED) is 0.826. The fraction of sp³-hybridized carbons (Fsp3) is 0.250. The van der Waals surface area contributed by atoms with Crippen LogP contribution in [0, 0.1) is 20.8 Å². The summed E-state index contributed by atoms with van der Waals surface area (Å²) in [6.45, 7) is 5.63. The first-order valence-corrected chi connectivity index (χ1v) is 8.32. The van der Waals surface area contributed by atoms with Gasteiger partial charge in [-0.15, -0.1) is 0 Å². The van der Waals surface area contributed by atoms with Crippen molar-refractivity contribution in [3.63, 3.8) is 0 Å². The number of nitrogens with zero attached hydrogens (tertiary/aromatic N) is 1. The Bertz CT molecular complexity index is 920. The van der Waals surface area contributed by atoms with Gasteiger partial charge in [0.15, 0.2) is 0 Å². The molecule has 26 heavy (non-hydrogen) atoms. The van der Waals surface area contributed by atoms with Crippen molar-refractivity contribution in [3.8, 4) is 0 Å². The molecule has 2 aromatic rings. The number of rotatable bonds is 4. The number of imide groups is 1. The van der Waals surface area contributed by atoms with Crippen LogP contribution in [0.5, 0.6) is 0 Å². The number of hydrogen-bond acceptors (Lipinski definition) is 4. The predicted molar refractivity (Wildman–Crippen MR) is 98.6 cm³/mol. The molecule has 1 heterocycles. The average molecular weight is 352 g/mol. The van der Waals surface area contributed by atoms with Gasteiger partial charge in [0.05, 0.1) is 17.7 Å². The Morgan fingerprint density at radius 1 is 1.08 bits per heavy atom. The number of carbonyl (C=O) groups is 3. The molecule has 0 radical (unpaired) electrons. The smallest absolute Gasteiger partial charge is 0.335 e. The van der Waals surface area contributed by atoms with Crippen molar-refractivity contribution in [1.29, 1.82) is 0 Å². The topological polar surface area (TPSA) is 86.7 Å². The van der Waals surface area contributed by atoms with Crippen molar-refractivity contribution in [3.05, 3.63) is 58.7 Å². The van der Waals surface area contributed by atoms with Gasteiger partial charge >= 0.3 is 5.97 Å². The Labute approximate surface area is 151 Å². The monoisotopic (exact) mass is 352 g/mol. The van der Waals surface area contributed by atoms with Gasteiger partial charge in [0.1, 0.15) is 6.04 Å². The lowest BCUT2D eigenvalue weighted by molar-refractivity contribution is -0.121. The average Bonchev–Trinajstić information content (AvgIpc) is 2.85. The second-order valence-corrected chi connectivity index (χ2v) is 6.59. The molecule has 0 unspecified atom stereocenters. The van der Waals surface area contributed by atoms with Crippen molar-refractivity contribution < 1.29 is 19.5 Å². The van der Waals surface area contributed by atoms with Gasteiger partial charge in [0.2, 0.25) is 5.91 Å². The van der Waals surface area contributed by atoms with Crippen molar-refractivity contribution in [2.75, 3.05) is 10.2 Å². The van der Waals surface area contributed by atoms with E-state index in [9.17, 15) is 19.5 Å². The molecule has 1 fully saturated rings. The van der Waals surface area contributed by atoms with Crippen molar-refractivity contribution in [1.82, 2.24) is 0 Å². The number of nitrogens with one attached hydrogen (secondary N) is 1. The highest BCUT2D eigenvalue weighted by molar-refractivity contribution is 6.23. The molecule has 1 aliphatic rings. The summed E-state index contributed by atoms with van der Waals surface area (Å²) >= 11 is 0. The molecule has 0 aliphatic carbocycles. The molecule has 6 heteroatoms. The minimum Gasteiger partial charge on any atom is -0.478 e. The van der Waals surface area contributed by atoms with Gasteiger partial charge < -0.3 is 10.4 Å². The number of anilines is 2. The number of aromatic carboxylic acids is 1. The van der Waals surface area contributed by atoms with E-state index in [1.165, 1.54) is 12.1 Å². The molecule has 3 rings (SSSR count). The standard InChI is InChI=1S/C20H20N2O4/c1-11-4-5-12(2)15(8-11)21-16-10-18(23)22(19(16)24)17-9-14(20(25)26)7-6-13(17)3/h4-9,16,21H,10H2,1-3H3,(H,25,26)/t16-/m1/s1. The van der Waals surface area contributed by atoms with Gasteiger partial charge in [-0.3, -0.25) is 9.59 Å². The largest absolute Gasteiger partial charge is 0.478 e. The molecule has 0 bridgehead atoms. The molecule has 2 N–H and O–H groups in total. The number of hydrogen-bond donors (Lipinski definition) is 2. The highest BCUT2D eigenvalue weighted by atomic mass is 16.4. The maximum Gasteiger partial charge on any atom is 0.335 e. The highest BCUT2D eigenvalue weighted by Gasteiger charge is 2.40. The number of carbonyl (C=O) groups excluding carboxylic acids is 2. The van der Waals surface area contributed by atoms with Crippen LogP contribution in [-0.4, -0.2) is 28.9 Å². The van der Waals surface area contributed by atoms with Crippen molar-refractivity contribution in [2.24, 2.45) is 0 Å². The molecule has 0 aromatic heterocycles. The number of carboxylic acids is 1. The zero-order valence-electron chi connectivity index (χ0n) is 14.9. The van der Waals surface area contributed by atoms with Crippen LogP contribution in [0.2, 0.25) is 0 Å². The van der Waals surface area contributed by atoms with Crippen LogP contribution in [0.3, 0.4) is 0 Å². The molecule has 0 spiro atoms. The van der Waals surface area contributed by atoms with E-state index in [1.54, 1.807) is 13.0 Å². The van der Waals surface area contributed by atoms with Gasteiger partial charge in [-0.1, -0.05) is 18.2 Å². The highest BCUT2D eigenvalue weighted by Crippen LogP contribution is 2.29. The van der Waals surface area contributed by atoms with Crippen LogP contribution in [0.4, 0.5) is 11.4 Å². The molecule has 1 saturated heterocycles. The first kappa shape index (κ1) is 17.7. The fourth-order valence-electron chi connectivity index (χ4n) is 3.06. The van der Waals surface area contributed by atoms with Crippen LogP contribution < -0.4 is 10.2 Å². The summed E-state index contributed by atoms with van der Waals surface area (Å²) in [5.74, 6) is -1.82. The van der Waals surface area contributed by atoms with E-state index in [2.05, 4.69) is 5.32 Å². The number of aryl methyl sites for hydroxylation is 3. The van der Waals surface area contributed by atoms with E-state index in [0.29, 0.717) is 11.3 Å². The zero-order valence-corrected chi connectivity index (χ0v) is 14.9. The first-order chi connectivity index (χ1) is 12.3. The van der Waals surface area contributed by atoms with Crippen LogP contribution in [0.1, 0.15) is 33.5 Å². The van der Waals surface area contributed by atoms with E-state index >= 15 is 0 Å². The second kappa shape index (κ2) is 6.63. The van der Waals surface area contributed by atoms with Gasteiger partial charge in [0, 0.05) is 5.69 Å². The Balaban J connectivity index is 1.91. The fourth-order valence-corrected chi connectivity index (χ4v) is 3.06. The minimum atomic E-state index is -1.10. The number of amides is 2. The molecule has 134 valence electrons. The third-order valence-electron chi connectivity index (χ3n) is 4.57. The zero-order chi connectivity index (χ0) is 19.0. The van der Waals surface area contributed by atoms with E-state index < -0.39 is 12.0 Å². The maximum absolute atomic E-state index is 12.8. The Kier molecular flexibility index (Phi) is 4.50. The number of carboxylic acid groups (broad SMARTS) is 1. The molecular formula is C20H20N2O4. The summed E-state index contributed by atoms with van der Waals surface area (Å²) in [5.41, 5.74) is 3.88. The molecule has 2 amide bonds. The first-order valence-electron chi connectivity index (χ1n) is 8.32. The molecule has 0 saturated carbocycles. The van der Waals surface area contributed by atoms with Crippen molar-refractivity contribution >= 4 is 29.2 Å². The Hall–Kier alpha value is -3.15. The summed E-state index contributed by atoms with van der Waals surface area (Å²) in [5, 5.41) is 12.3. The number of benzene rings is 2. The lowest BCUT2D eigenvalue weighted by Gasteiger charge is -2.19. The SMILES string of the molecule is Cc1ccc(C)c(N[C@@H]2CC(=O)N(c3cc(C(=O)O)ccc3C)C2=O)c1. The summed E-state index contributed by atoms with van der Waals surface area (Å²) in [6.07, 6.45) is 0.0307. The lowest BCUT2D eigenvalue weighted by Crippen LogP contribution is -2.35. The van der Waals surface area contributed by atoms with Crippen molar-refractivity contribution in [2.45, 2.75) is 33.2 Å². The van der Waals surface area contributed by atoms with E-state index in [-0.39, 0.29) is 23.8 Å². The van der Waals surface area contributed by atoms with E-state index in [4.69, 9.17) is 0 Å². The van der Waals surface area contributed by atoms with Crippen LogP contribution in [0.15, 0.2) is 36.4 Å². The van der Waals surface area contributed by atoms with Gasteiger partial charge in [-0.05, 0) is 55.7 Å². The third-order valence-corrected chi connectivity index (χ3v) is 4.57. The predicted octanol–water partition coefficient (Wildman–Crippen LogP) is 3.05. The molecule has 6 nitrogen and oxygen atoms in total. The normalized spacial score (nSPS) is 16.9. The third kappa shape index (κ3) is 3.18. The Morgan fingerprint density at radius 2 is 1.77 bits per heavy atom. The summed E-state index contributed by atoms with van der Waals surface area (Å²) in [4.78, 5) is 37.6. The van der Waals surface area contributed by atoms with E-state index in [0.717, 1.165) is 21.7 Å². The molecule has 1 aliphatic heterocycles. The van der Waals surface area contributed by atoms with Crippen LogP contribution >= 0.6 is 0 Å². The van der Waals surface area contributed by atoms with E-state index in [1.807, 2.05) is 32.0 Å². The van der Waals surface area contributed by atoms with Gasteiger partial charge in [-0.2, -0.15) is 0 Å². The maximum atomic E-state index is 12.8. The molecular weight excluding hydrogens is 332 g/mol. The van der Waals surface area contributed by atoms with Crippen LogP contribution in [-0.2, 0) is 9.59 Å². The molecule has 1 atom stereocenters. The van der Waals surface area contributed by atoms with Gasteiger partial charge in [-0.25, -0.2) is 9.69 Å². The summed E-state index contributed by atoms with van der Waals surface area (Å²) in [6, 6.07) is 9.63. The lowest BCUT2D eigenvalue weighted by atomic mass is 10.1. The van der Waals surface area contributed by atoms with Crippen LogP contribution in [0.25, 0.3) is 0 Å². The second-order valence-electron chi connectivity index (χ2n) is 6.59. The Morgan fingerprint density at radius 3 is 2.46 bits per heavy atom. The summed E-state index contributed by atoms with van der Waals surface area (Å²) < 4.78 is 0.